The molecule has 0 atom stereocenters. The quantitative estimate of drug-likeness (QED) is 0.487. The minimum absolute atomic E-state index is 0.0391. The topological polar surface area (TPSA) is 107 Å². The molecule has 0 radical (unpaired) electrons. The van der Waals surface area contributed by atoms with Gasteiger partial charge in [-0.15, -0.1) is 0 Å². The van der Waals surface area contributed by atoms with Crippen LogP contribution in [-0.4, -0.2) is 49.2 Å². The Morgan fingerprint density at radius 3 is 2.80 bits per heavy atom. The molecule has 1 aliphatic heterocycles. The van der Waals surface area contributed by atoms with Crippen LogP contribution in [0.5, 0.6) is 5.75 Å². The Morgan fingerprint density at radius 1 is 1.33 bits per heavy atom. The number of methoxy groups -OCH3 is 1. The van der Waals surface area contributed by atoms with Gasteiger partial charge in [-0.25, -0.2) is 4.98 Å². The van der Waals surface area contributed by atoms with Crippen molar-refractivity contribution in [3.63, 3.8) is 0 Å². The van der Waals surface area contributed by atoms with Gasteiger partial charge in [0.25, 0.3) is 5.91 Å². The van der Waals surface area contributed by atoms with Crippen LogP contribution in [-0.2, 0) is 4.74 Å². The number of nitro benzene ring substituents is 1. The van der Waals surface area contributed by atoms with Crippen molar-refractivity contribution in [2.75, 3.05) is 43.6 Å². The molecule has 1 amide bonds. The highest BCUT2D eigenvalue weighted by Crippen LogP contribution is 2.39. The molecule has 1 saturated heterocycles. The number of hydrogen-bond donors (Lipinski definition) is 1. The maximum absolute atomic E-state index is 13.5. The molecule has 1 aliphatic rings. The molecule has 4 rings (SSSR count). The van der Waals surface area contributed by atoms with Gasteiger partial charge in [-0.05, 0) is 24.3 Å². The van der Waals surface area contributed by atoms with Crippen LogP contribution >= 0.6 is 11.3 Å². The number of benzene rings is 2. The number of hydrogen-bond acceptors (Lipinski definition) is 8. The Bertz CT molecular complexity index is 1130. The zero-order valence-corrected chi connectivity index (χ0v) is 16.7. The molecule has 1 aromatic heterocycles. The number of amides is 1. The van der Waals surface area contributed by atoms with Crippen molar-refractivity contribution in [3.05, 3.63) is 51.8 Å². The Balaban J connectivity index is 1.67. The second kappa shape index (κ2) is 8.20. The van der Waals surface area contributed by atoms with Crippen molar-refractivity contribution in [1.29, 1.82) is 0 Å². The van der Waals surface area contributed by atoms with E-state index in [4.69, 9.17) is 9.47 Å². The first kappa shape index (κ1) is 20.0. The third-order valence-corrected chi connectivity index (χ3v) is 5.68. The Morgan fingerprint density at radius 2 is 2.10 bits per heavy atom. The molecule has 3 aromatic rings. The summed E-state index contributed by atoms with van der Waals surface area (Å²) in [7, 11) is 1.54. The summed E-state index contributed by atoms with van der Waals surface area (Å²) in [5.41, 5.74) is 0.766. The van der Waals surface area contributed by atoms with Gasteiger partial charge in [0, 0.05) is 24.7 Å². The average molecular weight is 431 g/mol. The number of nitrogens with zero attached hydrogens (tertiary/aromatic N) is 3. The fraction of sp³-hybridized carbons (Fsp3) is 0.263. The number of aromatic nitrogens is 1. The van der Waals surface area contributed by atoms with Crippen molar-refractivity contribution in [1.82, 2.24) is 4.98 Å². The smallest absolute Gasteiger partial charge is 0.305 e. The van der Waals surface area contributed by atoms with Gasteiger partial charge < -0.3 is 14.4 Å². The molecule has 0 spiro atoms. The summed E-state index contributed by atoms with van der Waals surface area (Å²) in [5.74, 6) is -1.06. The monoisotopic (exact) mass is 431 g/mol. The van der Waals surface area contributed by atoms with Gasteiger partial charge in [-0.1, -0.05) is 11.3 Å². The van der Waals surface area contributed by atoms with Gasteiger partial charge in [0.05, 0.1) is 35.6 Å². The Labute approximate surface area is 174 Å². The van der Waals surface area contributed by atoms with Crippen LogP contribution in [0.25, 0.3) is 10.2 Å². The number of rotatable bonds is 5. The molecular weight excluding hydrogens is 414 g/mol. The number of ether oxygens (including phenoxy) is 2. The predicted octanol–water partition coefficient (Wildman–Crippen LogP) is 3.44. The molecule has 0 bridgehead atoms. The molecule has 1 N–H and O–H groups in total. The second-order valence-electron chi connectivity index (χ2n) is 6.46. The SMILES string of the molecule is COc1ccc(N2CCOCC2)c2sc(NC(=O)c3ccc([18F])c([N+](=O)[O-])c3)nc12. The van der Waals surface area contributed by atoms with E-state index in [1.54, 1.807) is 7.11 Å². The lowest BCUT2D eigenvalue weighted by Gasteiger charge is -2.29. The highest BCUT2D eigenvalue weighted by Gasteiger charge is 2.21. The molecule has 2 heterocycles. The van der Waals surface area contributed by atoms with Crippen molar-refractivity contribution in [2.24, 2.45) is 0 Å². The van der Waals surface area contributed by atoms with Crippen LogP contribution in [0, 0.1) is 15.9 Å². The molecule has 11 heteroatoms. The lowest BCUT2D eigenvalue weighted by atomic mass is 10.2. The largest absolute Gasteiger partial charge is 0.494 e. The third-order valence-electron chi connectivity index (χ3n) is 4.68. The zero-order chi connectivity index (χ0) is 21.3. The van der Waals surface area contributed by atoms with Crippen molar-refractivity contribution in [2.45, 2.75) is 0 Å². The van der Waals surface area contributed by atoms with E-state index in [-0.39, 0.29) is 5.56 Å². The number of anilines is 2. The van der Waals surface area contributed by atoms with E-state index in [0.717, 1.165) is 35.6 Å². The summed E-state index contributed by atoms with van der Waals surface area (Å²) < 4.78 is 25.2. The van der Waals surface area contributed by atoms with E-state index >= 15 is 0 Å². The standard InChI is InChI=1S/C19H17FN4O5S/c1-28-15-5-4-13(23-6-8-29-9-7-23)17-16(15)21-19(30-17)22-18(25)11-2-3-12(20)14(10-11)24(26)27/h2-5,10H,6-9H2,1H3,(H,21,22,25)/i20-1. The minimum Gasteiger partial charge on any atom is -0.494 e. The summed E-state index contributed by atoms with van der Waals surface area (Å²) in [6.07, 6.45) is 0. The van der Waals surface area contributed by atoms with Crippen molar-refractivity contribution >= 4 is 44.0 Å². The number of thiazole rings is 1. The van der Waals surface area contributed by atoms with Crippen LogP contribution in [0.4, 0.5) is 20.9 Å². The van der Waals surface area contributed by atoms with Crippen LogP contribution in [0.3, 0.4) is 0 Å². The van der Waals surface area contributed by atoms with Gasteiger partial charge in [0.1, 0.15) is 11.3 Å². The average Bonchev–Trinajstić information content (AvgIpc) is 3.17. The summed E-state index contributed by atoms with van der Waals surface area (Å²) in [6, 6.07) is 6.74. The number of halogens is 1. The van der Waals surface area contributed by atoms with Crippen LogP contribution in [0.1, 0.15) is 10.4 Å². The van der Waals surface area contributed by atoms with E-state index in [9.17, 15) is 19.3 Å². The van der Waals surface area contributed by atoms with E-state index in [0.29, 0.717) is 29.6 Å². The number of fused-ring (bicyclic) bond motifs is 1. The number of nitro groups is 1. The molecule has 2 aromatic carbocycles. The lowest BCUT2D eigenvalue weighted by molar-refractivity contribution is -0.387. The highest BCUT2D eigenvalue weighted by molar-refractivity contribution is 7.23. The number of carbonyl (C=O) groups excluding carboxylic acids is 1. The first-order valence-electron chi connectivity index (χ1n) is 9.03. The van der Waals surface area contributed by atoms with Gasteiger partial charge in [-0.2, -0.15) is 4.39 Å². The molecule has 0 saturated carbocycles. The molecule has 1 fully saturated rings. The molecule has 9 nitrogen and oxygen atoms in total. The predicted molar refractivity (Wildman–Crippen MR) is 110 cm³/mol. The van der Waals surface area contributed by atoms with Gasteiger partial charge >= 0.3 is 5.69 Å². The van der Waals surface area contributed by atoms with Crippen molar-refractivity contribution < 1.29 is 23.6 Å². The maximum atomic E-state index is 13.5. The molecular formula is C19H17FN4O5S. The Hall–Kier alpha value is -3.31. The maximum Gasteiger partial charge on any atom is 0.305 e. The summed E-state index contributed by atoms with van der Waals surface area (Å²) in [6.45, 7) is 2.72. The third kappa shape index (κ3) is 3.76. The van der Waals surface area contributed by atoms with Crippen LogP contribution < -0.4 is 15.0 Å². The van der Waals surface area contributed by atoms with E-state index in [1.807, 2.05) is 12.1 Å². The van der Waals surface area contributed by atoms with Crippen molar-refractivity contribution in [3.8, 4) is 5.75 Å². The van der Waals surface area contributed by atoms with Gasteiger partial charge in [0.2, 0.25) is 5.82 Å². The fourth-order valence-electron chi connectivity index (χ4n) is 3.20. The molecule has 30 heavy (non-hydrogen) atoms. The lowest BCUT2D eigenvalue weighted by Crippen LogP contribution is -2.36. The van der Waals surface area contributed by atoms with E-state index < -0.39 is 22.3 Å². The highest BCUT2D eigenvalue weighted by atomic mass is 32.1. The van der Waals surface area contributed by atoms with E-state index in [2.05, 4.69) is 15.2 Å². The summed E-state index contributed by atoms with van der Waals surface area (Å²) in [5, 5.41) is 13.9. The zero-order valence-electron chi connectivity index (χ0n) is 15.9. The number of nitrogens with one attached hydrogen (secondary N) is 1. The van der Waals surface area contributed by atoms with Gasteiger partial charge in [-0.3, -0.25) is 20.2 Å². The molecule has 0 aliphatic carbocycles. The number of morpholine rings is 1. The summed E-state index contributed by atoms with van der Waals surface area (Å²) in [4.78, 5) is 29.3. The van der Waals surface area contributed by atoms with Crippen LogP contribution in [0.2, 0.25) is 0 Å². The molecule has 156 valence electrons. The first-order valence-corrected chi connectivity index (χ1v) is 9.85. The molecule has 0 unspecified atom stereocenters. The Kier molecular flexibility index (Phi) is 5.46. The second-order valence-corrected chi connectivity index (χ2v) is 7.46. The summed E-state index contributed by atoms with van der Waals surface area (Å²) >= 11 is 1.27. The fourth-order valence-corrected chi connectivity index (χ4v) is 4.22. The number of carbonyl (C=O) groups is 1. The van der Waals surface area contributed by atoms with Crippen LogP contribution in [0.15, 0.2) is 30.3 Å². The van der Waals surface area contributed by atoms with Gasteiger partial charge in [0.15, 0.2) is 5.13 Å². The van der Waals surface area contributed by atoms with E-state index in [1.165, 1.54) is 17.4 Å². The minimum atomic E-state index is -1.00. The normalized spacial score (nSPS) is 14.0. The first-order chi connectivity index (χ1) is 14.5.